The number of imide groups is 1. The Morgan fingerprint density at radius 1 is 1.03 bits per heavy atom. The van der Waals surface area contributed by atoms with E-state index in [1.807, 2.05) is 19.9 Å². The van der Waals surface area contributed by atoms with Gasteiger partial charge in [-0.25, -0.2) is 4.79 Å². The van der Waals surface area contributed by atoms with E-state index in [2.05, 4.69) is 12.2 Å². The summed E-state index contributed by atoms with van der Waals surface area (Å²) < 4.78 is 5.20. The first-order valence-corrected chi connectivity index (χ1v) is 10.6. The number of carbonyl (C=O) groups is 4. The lowest BCUT2D eigenvalue weighted by Crippen LogP contribution is -2.45. The van der Waals surface area contributed by atoms with Gasteiger partial charge >= 0.3 is 5.97 Å². The van der Waals surface area contributed by atoms with Gasteiger partial charge in [-0.05, 0) is 68.1 Å². The number of hydrogen-bond donors (Lipinski definition) is 0. The Morgan fingerprint density at radius 3 is 2.20 bits per heavy atom. The van der Waals surface area contributed by atoms with Crippen LogP contribution in [-0.2, 0) is 19.1 Å². The molecule has 1 aromatic rings. The van der Waals surface area contributed by atoms with Crippen LogP contribution < -0.4 is 0 Å². The average Bonchev–Trinajstić information content (AvgIpc) is 3.51. The highest BCUT2D eigenvalue weighted by molar-refractivity contribution is 6.09. The van der Waals surface area contributed by atoms with Gasteiger partial charge in [-0.3, -0.25) is 19.3 Å². The lowest BCUT2D eigenvalue weighted by molar-refractivity contribution is -0.157. The fourth-order valence-corrected chi connectivity index (χ4v) is 5.72. The maximum atomic E-state index is 13.1. The van der Waals surface area contributed by atoms with Crippen molar-refractivity contribution in [2.75, 3.05) is 6.61 Å². The molecule has 6 heteroatoms. The number of amides is 2. The van der Waals surface area contributed by atoms with Gasteiger partial charge in [-0.2, -0.15) is 0 Å². The summed E-state index contributed by atoms with van der Waals surface area (Å²) in [5, 5.41) is 0. The fraction of sp³-hybridized carbons (Fsp3) is 0.500. The van der Waals surface area contributed by atoms with Crippen molar-refractivity contribution >= 4 is 23.6 Å². The van der Waals surface area contributed by atoms with E-state index in [9.17, 15) is 19.2 Å². The Morgan fingerprint density at radius 2 is 1.63 bits per heavy atom. The summed E-state index contributed by atoms with van der Waals surface area (Å²) in [5.74, 6) is -1.01. The van der Waals surface area contributed by atoms with Gasteiger partial charge in [0.05, 0.1) is 11.8 Å². The van der Waals surface area contributed by atoms with Crippen molar-refractivity contribution in [2.24, 2.45) is 35.5 Å². The number of carbonyl (C=O) groups excluding carboxylic acids is 4. The van der Waals surface area contributed by atoms with Gasteiger partial charge in [0.1, 0.15) is 6.04 Å². The van der Waals surface area contributed by atoms with Crippen LogP contribution in [0.5, 0.6) is 0 Å². The minimum Gasteiger partial charge on any atom is -0.456 e. The number of allylic oxidation sites excluding steroid dienone is 2. The van der Waals surface area contributed by atoms with Crippen LogP contribution in [0, 0.1) is 49.4 Å². The molecule has 6 rings (SSSR count). The smallest absolute Gasteiger partial charge is 0.329 e. The van der Waals surface area contributed by atoms with Crippen LogP contribution in [-0.4, -0.2) is 41.1 Å². The summed E-state index contributed by atoms with van der Waals surface area (Å²) in [6, 6.07) is 4.29. The monoisotopic (exact) mass is 407 g/mol. The number of aryl methyl sites for hydroxylation is 2. The van der Waals surface area contributed by atoms with Crippen molar-refractivity contribution in [1.29, 1.82) is 0 Å². The van der Waals surface area contributed by atoms with Gasteiger partial charge in [0.25, 0.3) is 0 Å². The SMILES string of the molecule is Cc1ccc(C(=O)COC(=O)[C@@H](C)N2C(=O)[C@H]3[C@@H]4C=C[C@H]([C@H]5C[C@H]45)[C@@H]3C2=O)cc1C. The molecule has 0 aromatic heterocycles. The van der Waals surface area contributed by atoms with Crippen LogP contribution in [0.3, 0.4) is 0 Å². The Kier molecular flexibility index (Phi) is 4.24. The normalized spacial score (nSPS) is 33.9. The minimum atomic E-state index is -1.03. The van der Waals surface area contributed by atoms with Crippen LogP contribution in [0.1, 0.15) is 34.8 Å². The van der Waals surface area contributed by atoms with Crippen LogP contribution in [0.25, 0.3) is 0 Å². The molecule has 1 saturated heterocycles. The lowest BCUT2D eigenvalue weighted by atomic mass is 9.63. The third kappa shape index (κ3) is 2.69. The van der Waals surface area contributed by atoms with E-state index in [4.69, 9.17) is 4.74 Å². The molecule has 30 heavy (non-hydrogen) atoms. The maximum absolute atomic E-state index is 13.1. The molecule has 5 aliphatic rings. The molecular weight excluding hydrogens is 382 g/mol. The second-order valence-corrected chi connectivity index (χ2v) is 9.21. The van der Waals surface area contributed by atoms with E-state index in [0.29, 0.717) is 17.4 Å². The summed E-state index contributed by atoms with van der Waals surface area (Å²) >= 11 is 0. The summed E-state index contributed by atoms with van der Waals surface area (Å²) in [6.45, 7) is 4.96. The number of ether oxygens (including phenoxy) is 1. The van der Waals surface area contributed by atoms with Gasteiger partial charge in [0, 0.05) is 5.56 Å². The van der Waals surface area contributed by atoms with E-state index in [1.165, 1.54) is 6.92 Å². The summed E-state index contributed by atoms with van der Waals surface area (Å²) in [5.41, 5.74) is 2.53. The van der Waals surface area contributed by atoms with Crippen molar-refractivity contribution in [3.63, 3.8) is 0 Å². The van der Waals surface area contributed by atoms with E-state index in [1.54, 1.807) is 12.1 Å². The quantitative estimate of drug-likeness (QED) is 0.324. The maximum Gasteiger partial charge on any atom is 0.329 e. The van der Waals surface area contributed by atoms with E-state index in [-0.39, 0.29) is 41.3 Å². The summed E-state index contributed by atoms with van der Waals surface area (Å²) in [6.07, 6.45) is 5.29. The molecule has 0 N–H and O–H groups in total. The second kappa shape index (κ2) is 6.62. The second-order valence-electron chi connectivity index (χ2n) is 9.21. The predicted molar refractivity (Wildman–Crippen MR) is 107 cm³/mol. The number of likely N-dealkylation sites (tertiary alicyclic amines) is 1. The third-order valence-electron chi connectivity index (χ3n) is 7.60. The topological polar surface area (TPSA) is 80.8 Å². The molecule has 1 aliphatic heterocycles. The van der Waals surface area contributed by atoms with Crippen LogP contribution in [0.4, 0.5) is 0 Å². The molecule has 0 radical (unpaired) electrons. The van der Waals surface area contributed by atoms with Gasteiger partial charge in [-0.15, -0.1) is 0 Å². The van der Waals surface area contributed by atoms with Crippen LogP contribution in [0.15, 0.2) is 30.4 Å². The zero-order chi connectivity index (χ0) is 21.3. The van der Waals surface area contributed by atoms with Gasteiger partial charge in [-0.1, -0.05) is 24.3 Å². The Hall–Kier alpha value is -2.76. The molecule has 1 aromatic carbocycles. The molecule has 0 unspecified atom stereocenters. The predicted octanol–water partition coefficient (Wildman–Crippen LogP) is 2.47. The summed E-state index contributed by atoms with van der Waals surface area (Å²) in [4.78, 5) is 52.2. The molecular formula is C24H25NO5. The third-order valence-corrected chi connectivity index (χ3v) is 7.60. The van der Waals surface area contributed by atoms with Crippen molar-refractivity contribution in [3.05, 3.63) is 47.0 Å². The molecule has 6 nitrogen and oxygen atoms in total. The molecule has 1 heterocycles. The van der Waals surface area contributed by atoms with Gasteiger partial charge in [0.2, 0.25) is 11.8 Å². The van der Waals surface area contributed by atoms with Crippen LogP contribution >= 0.6 is 0 Å². The molecule has 7 atom stereocenters. The van der Waals surface area contributed by atoms with Gasteiger partial charge in [0.15, 0.2) is 12.4 Å². The minimum absolute atomic E-state index is 0.112. The number of nitrogens with zero attached hydrogens (tertiary/aromatic N) is 1. The fourth-order valence-electron chi connectivity index (χ4n) is 5.72. The first-order valence-electron chi connectivity index (χ1n) is 10.6. The number of esters is 1. The molecule has 156 valence electrons. The first kappa shape index (κ1) is 19.2. The number of Topliss-reactive ketones (excluding diaryl/α,β-unsaturated/α-hetero) is 1. The van der Waals surface area contributed by atoms with Crippen molar-refractivity contribution in [3.8, 4) is 0 Å². The van der Waals surface area contributed by atoms with Crippen molar-refractivity contribution < 1.29 is 23.9 Å². The highest BCUT2D eigenvalue weighted by Crippen LogP contribution is 2.65. The van der Waals surface area contributed by atoms with Crippen molar-refractivity contribution in [1.82, 2.24) is 4.90 Å². The number of rotatable bonds is 5. The van der Waals surface area contributed by atoms with Crippen molar-refractivity contribution in [2.45, 2.75) is 33.2 Å². The zero-order valence-corrected chi connectivity index (χ0v) is 17.3. The highest BCUT2D eigenvalue weighted by Gasteiger charge is 2.67. The standard InChI is InChI=1S/C24H25NO5/c1-11-4-5-14(8-12(11)2)19(26)10-30-24(29)13(3)25-22(27)20-15-6-7-16(18-9-17(15)18)21(20)23(25)28/h4-8,13,15-18,20-21H,9-10H2,1-3H3/t13-,15-,16-,17-,18-,20+,21+/m1/s1. The lowest BCUT2D eigenvalue weighted by Gasteiger charge is -2.37. The zero-order valence-electron chi connectivity index (χ0n) is 17.3. The molecule has 2 saturated carbocycles. The molecule has 2 amide bonds. The molecule has 0 spiro atoms. The van der Waals surface area contributed by atoms with Gasteiger partial charge < -0.3 is 4.74 Å². The Labute approximate surface area is 175 Å². The van der Waals surface area contributed by atoms with E-state index >= 15 is 0 Å². The largest absolute Gasteiger partial charge is 0.456 e. The first-order chi connectivity index (χ1) is 14.3. The van der Waals surface area contributed by atoms with Crippen LogP contribution in [0.2, 0.25) is 0 Å². The summed E-state index contributed by atoms with van der Waals surface area (Å²) in [7, 11) is 0. The van der Waals surface area contributed by atoms with E-state index in [0.717, 1.165) is 22.4 Å². The number of ketones is 1. The molecule has 4 aliphatic carbocycles. The Bertz CT molecular complexity index is 975. The number of benzene rings is 1. The Balaban J connectivity index is 1.26. The number of hydrogen-bond acceptors (Lipinski definition) is 5. The highest BCUT2D eigenvalue weighted by atomic mass is 16.5. The molecule has 2 bridgehead atoms. The average molecular weight is 407 g/mol. The molecule has 3 fully saturated rings. The van der Waals surface area contributed by atoms with E-state index < -0.39 is 18.6 Å².